The summed E-state index contributed by atoms with van der Waals surface area (Å²) in [5, 5.41) is 13.2. The van der Waals surface area contributed by atoms with Crippen molar-refractivity contribution in [2.45, 2.75) is 18.9 Å². The van der Waals surface area contributed by atoms with Crippen LogP contribution in [-0.2, 0) is 0 Å². The van der Waals surface area contributed by atoms with E-state index in [1.54, 1.807) is 11.0 Å². The van der Waals surface area contributed by atoms with Crippen LogP contribution in [0.5, 0.6) is 0 Å². The van der Waals surface area contributed by atoms with E-state index in [-0.39, 0.29) is 24.3 Å². The Labute approximate surface area is 116 Å². The first kappa shape index (κ1) is 12.9. The number of benzene rings is 1. The van der Waals surface area contributed by atoms with Crippen molar-refractivity contribution in [3.63, 3.8) is 0 Å². The summed E-state index contributed by atoms with van der Waals surface area (Å²) in [5.74, 6) is 0.0282. The minimum atomic E-state index is -0.198. The summed E-state index contributed by atoms with van der Waals surface area (Å²) in [4.78, 5) is 14.0. The lowest BCUT2D eigenvalue weighted by Gasteiger charge is -2.21. The standard InChI is InChI=1S/C15H16N2O3/c18-10-12-7-4-8-17(12)15(19)14-9-13(16-20-14)11-5-2-1-3-6-11/h1-3,5-6,9,12,18H,4,7-8,10H2/t12-/m1/s1. The molecule has 5 nitrogen and oxygen atoms in total. The van der Waals surface area contributed by atoms with Gasteiger partial charge in [0.15, 0.2) is 0 Å². The lowest BCUT2D eigenvalue weighted by molar-refractivity contribution is 0.0636. The number of hydrogen-bond donors (Lipinski definition) is 1. The van der Waals surface area contributed by atoms with Crippen molar-refractivity contribution in [2.75, 3.05) is 13.2 Å². The summed E-state index contributed by atoms with van der Waals surface area (Å²) in [6.45, 7) is 0.650. The Kier molecular flexibility index (Phi) is 3.52. The molecule has 1 aromatic heterocycles. The summed E-state index contributed by atoms with van der Waals surface area (Å²) in [6.07, 6.45) is 1.75. The molecule has 104 valence electrons. The van der Waals surface area contributed by atoms with E-state index < -0.39 is 0 Å². The van der Waals surface area contributed by atoms with Crippen molar-refractivity contribution in [3.8, 4) is 11.3 Å². The molecule has 20 heavy (non-hydrogen) atoms. The minimum absolute atomic E-state index is 0.00851. The highest BCUT2D eigenvalue weighted by molar-refractivity contribution is 5.92. The highest BCUT2D eigenvalue weighted by Gasteiger charge is 2.31. The normalized spacial score (nSPS) is 18.4. The van der Waals surface area contributed by atoms with Crippen LogP contribution in [0.3, 0.4) is 0 Å². The van der Waals surface area contributed by atoms with Gasteiger partial charge in [0, 0.05) is 18.2 Å². The summed E-state index contributed by atoms with van der Waals surface area (Å²) in [7, 11) is 0. The molecular weight excluding hydrogens is 256 g/mol. The van der Waals surface area contributed by atoms with Crippen LogP contribution < -0.4 is 0 Å². The number of carbonyl (C=O) groups excluding carboxylic acids is 1. The van der Waals surface area contributed by atoms with E-state index in [2.05, 4.69) is 5.16 Å². The van der Waals surface area contributed by atoms with Crippen LogP contribution in [0.25, 0.3) is 11.3 Å². The average Bonchev–Trinajstić information content (AvgIpc) is 3.16. The van der Waals surface area contributed by atoms with E-state index in [1.165, 1.54) is 0 Å². The highest BCUT2D eigenvalue weighted by Crippen LogP contribution is 2.23. The zero-order valence-electron chi connectivity index (χ0n) is 11.0. The molecule has 0 spiro atoms. The summed E-state index contributed by atoms with van der Waals surface area (Å²) in [5.41, 5.74) is 1.56. The third-order valence-electron chi connectivity index (χ3n) is 3.64. The molecule has 1 atom stereocenters. The second kappa shape index (κ2) is 5.46. The van der Waals surface area contributed by atoms with Gasteiger partial charge >= 0.3 is 0 Å². The van der Waals surface area contributed by atoms with Gasteiger partial charge in [-0.05, 0) is 12.8 Å². The molecule has 1 saturated heterocycles. The Balaban J connectivity index is 1.82. The molecule has 1 aromatic carbocycles. The Morgan fingerprint density at radius 2 is 2.20 bits per heavy atom. The first-order valence-corrected chi connectivity index (χ1v) is 6.73. The van der Waals surface area contributed by atoms with Crippen LogP contribution in [0.15, 0.2) is 40.9 Å². The van der Waals surface area contributed by atoms with Gasteiger partial charge in [0.1, 0.15) is 5.69 Å². The number of nitrogens with zero attached hydrogens (tertiary/aromatic N) is 2. The number of hydrogen-bond acceptors (Lipinski definition) is 4. The van der Waals surface area contributed by atoms with Crippen LogP contribution in [0, 0.1) is 0 Å². The SMILES string of the molecule is O=C(c1cc(-c2ccccc2)no1)N1CCC[C@@H]1CO. The molecule has 1 N–H and O–H groups in total. The Morgan fingerprint density at radius 1 is 1.40 bits per heavy atom. The van der Waals surface area contributed by atoms with Gasteiger partial charge in [0.05, 0.1) is 12.6 Å². The fourth-order valence-electron chi connectivity index (χ4n) is 2.56. The predicted octanol–water partition coefficient (Wildman–Crippen LogP) is 1.94. The van der Waals surface area contributed by atoms with Gasteiger partial charge in [-0.15, -0.1) is 0 Å². The third kappa shape index (κ3) is 2.32. The zero-order chi connectivity index (χ0) is 13.9. The maximum absolute atomic E-state index is 12.3. The van der Waals surface area contributed by atoms with E-state index in [4.69, 9.17) is 4.52 Å². The van der Waals surface area contributed by atoms with Gasteiger partial charge in [0.25, 0.3) is 5.91 Å². The molecule has 1 amide bonds. The van der Waals surface area contributed by atoms with E-state index in [0.29, 0.717) is 12.2 Å². The van der Waals surface area contributed by atoms with Gasteiger partial charge in [-0.25, -0.2) is 0 Å². The smallest absolute Gasteiger partial charge is 0.292 e. The maximum Gasteiger partial charge on any atom is 0.292 e. The Hall–Kier alpha value is -2.14. The zero-order valence-corrected chi connectivity index (χ0v) is 11.0. The topological polar surface area (TPSA) is 66.6 Å². The monoisotopic (exact) mass is 272 g/mol. The highest BCUT2D eigenvalue weighted by atomic mass is 16.5. The number of amides is 1. The molecule has 0 unspecified atom stereocenters. The molecule has 0 radical (unpaired) electrons. The maximum atomic E-state index is 12.3. The van der Waals surface area contributed by atoms with Gasteiger partial charge in [0.2, 0.25) is 5.76 Å². The van der Waals surface area contributed by atoms with Crippen molar-refractivity contribution in [2.24, 2.45) is 0 Å². The lowest BCUT2D eigenvalue weighted by atomic mass is 10.1. The fourth-order valence-corrected chi connectivity index (χ4v) is 2.56. The molecule has 2 heterocycles. The fraction of sp³-hybridized carbons (Fsp3) is 0.333. The van der Waals surface area contributed by atoms with E-state index in [9.17, 15) is 9.90 Å². The number of aliphatic hydroxyl groups is 1. The number of rotatable bonds is 3. The second-order valence-corrected chi connectivity index (χ2v) is 4.92. The van der Waals surface area contributed by atoms with Crippen molar-refractivity contribution in [1.82, 2.24) is 10.1 Å². The molecule has 0 saturated carbocycles. The van der Waals surface area contributed by atoms with Crippen molar-refractivity contribution in [3.05, 3.63) is 42.2 Å². The molecule has 0 bridgehead atoms. The average molecular weight is 272 g/mol. The molecular formula is C15H16N2O3. The third-order valence-corrected chi connectivity index (χ3v) is 3.64. The summed E-state index contributed by atoms with van der Waals surface area (Å²) < 4.78 is 5.16. The van der Waals surface area contributed by atoms with Crippen LogP contribution in [-0.4, -0.2) is 40.3 Å². The van der Waals surface area contributed by atoms with Gasteiger partial charge in [-0.3, -0.25) is 4.79 Å². The number of aromatic nitrogens is 1. The number of aliphatic hydroxyl groups excluding tert-OH is 1. The van der Waals surface area contributed by atoms with Crippen molar-refractivity contribution < 1.29 is 14.4 Å². The van der Waals surface area contributed by atoms with Crippen LogP contribution in [0.2, 0.25) is 0 Å². The summed E-state index contributed by atoms with van der Waals surface area (Å²) >= 11 is 0. The quantitative estimate of drug-likeness (QED) is 0.927. The summed E-state index contributed by atoms with van der Waals surface area (Å²) in [6, 6.07) is 11.1. The number of likely N-dealkylation sites (tertiary alicyclic amines) is 1. The molecule has 5 heteroatoms. The lowest BCUT2D eigenvalue weighted by Crippen LogP contribution is -2.37. The van der Waals surface area contributed by atoms with Gasteiger partial charge in [-0.2, -0.15) is 0 Å². The van der Waals surface area contributed by atoms with E-state index >= 15 is 0 Å². The molecule has 1 fully saturated rings. The number of carbonyl (C=O) groups is 1. The second-order valence-electron chi connectivity index (χ2n) is 4.92. The van der Waals surface area contributed by atoms with Gasteiger partial charge in [-0.1, -0.05) is 35.5 Å². The minimum Gasteiger partial charge on any atom is -0.394 e. The van der Waals surface area contributed by atoms with Crippen molar-refractivity contribution >= 4 is 5.91 Å². The van der Waals surface area contributed by atoms with Crippen LogP contribution in [0.1, 0.15) is 23.4 Å². The molecule has 1 aliphatic heterocycles. The predicted molar refractivity (Wildman–Crippen MR) is 73.1 cm³/mol. The Morgan fingerprint density at radius 3 is 2.95 bits per heavy atom. The first-order chi connectivity index (χ1) is 9.79. The van der Waals surface area contributed by atoms with E-state index in [0.717, 1.165) is 18.4 Å². The molecule has 0 aliphatic carbocycles. The molecule has 2 aromatic rings. The first-order valence-electron chi connectivity index (χ1n) is 6.73. The van der Waals surface area contributed by atoms with Crippen molar-refractivity contribution in [1.29, 1.82) is 0 Å². The van der Waals surface area contributed by atoms with Crippen LogP contribution in [0.4, 0.5) is 0 Å². The molecule has 1 aliphatic rings. The van der Waals surface area contributed by atoms with Gasteiger partial charge < -0.3 is 14.5 Å². The van der Waals surface area contributed by atoms with E-state index in [1.807, 2.05) is 30.3 Å². The largest absolute Gasteiger partial charge is 0.394 e. The molecule has 3 rings (SSSR count). The Bertz CT molecular complexity index is 594. The van der Waals surface area contributed by atoms with Crippen LogP contribution >= 0.6 is 0 Å².